The SMILES string of the molecule is CC.CC/C=C(/S)N/C(=C\N)C(=C(C)CC)c1ccc(C(F)(F)F)cc1OC. The summed E-state index contributed by atoms with van der Waals surface area (Å²) < 4.78 is 44.3. The Bertz CT molecular complexity index is 723. The van der Waals surface area contributed by atoms with Crippen LogP contribution in [-0.4, -0.2) is 7.11 Å². The minimum Gasteiger partial charge on any atom is -0.496 e. The van der Waals surface area contributed by atoms with Crippen molar-refractivity contribution in [2.75, 3.05) is 7.11 Å². The fraction of sp³-hybridized carbons (Fsp3) is 0.429. The molecule has 0 atom stereocenters. The van der Waals surface area contributed by atoms with E-state index >= 15 is 0 Å². The Morgan fingerprint density at radius 2 is 1.86 bits per heavy atom. The number of rotatable bonds is 7. The summed E-state index contributed by atoms with van der Waals surface area (Å²) in [5.41, 5.74) is 7.76. The van der Waals surface area contributed by atoms with Crippen LogP contribution >= 0.6 is 12.6 Å². The summed E-state index contributed by atoms with van der Waals surface area (Å²) in [5, 5.41) is 3.71. The van der Waals surface area contributed by atoms with Crippen molar-refractivity contribution in [1.82, 2.24) is 5.32 Å². The van der Waals surface area contributed by atoms with Gasteiger partial charge in [-0.1, -0.05) is 39.3 Å². The first kappa shape index (κ1) is 26.0. The van der Waals surface area contributed by atoms with Gasteiger partial charge < -0.3 is 15.8 Å². The molecule has 0 aliphatic carbocycles. The Kier molecular flexibility index (Phi) is 11.5. The molecule has 3 nitrogen and oxygen atoms in total. The molecule has 1 aromatic carbocycles. The fourth-order valence-electron chi connectivity index (χ4n) is 2.43. The van der Waals surface area contributed by atoms with E-state index < -0.39 is 11.7 Å². The summed E-state index contributed by atoms with van der Waals surface area (Å²) in [7, 11) is 1.35. The van der Waals surface area contributed by atoms with Gasteiger partial charge in [0.25, 0.3) is 0 Å². The third kappa shape index (κ3) is 7.19. The van der Waals surface area contributed by atoms with Crippen molar-refractivity contribution in [1.29, 1.82) is 0 Å². The summed E-state index contributed by atoms with van der Waals surface area (Å²) in [4.78, 5) is 0. The minimum absolute atomic E-state index is 0.129. The summed E-state index contributed by atoms with van der Waals surface area (Å²) in [6, 6.07) is 3.44. The molecular formula is C21H31F3N2OS. The molecule has 3 N–H and O–H groups in total. The van der Waals surface area contributed by atoms with Crippen LogP contribution in [0.25, 0.3) is 5.57 Å². The van der Waals surface area contributed by atoms with Crippen LogP contribution in [0.5, 0.6) is 5.75 Å². The number of hydrogen-bond acceptors (Lipinski definition) is 4. The van der Waals surface area contributed by atoms with Crippen LogP contribution in [0.4, 0.5) is 13.2 Å². The van der Waals surface area contributed by atoms with Crippen molar-refractivity contribution in [2.45, 2.75) is 53.6 Å². The zero-order valence-corrected chi connectivity index (χ0v) is 18.3. The fourth-order valence-corrected chi connectivity index (χ4v) is 2.73. The standard InChI is InChI=1S/C19H25F3N2OS.C2H6/c1-5-7-17(26)24-15(11-23)18(12(3)6-2)14-9-8-13(19(20,21)22)10-16(14)25-4;1-2/h7-11,24,26H,5-6,23H2,1-4H3;1-2H3/b15-11-,17-7+,18-12?;. The van der Waals surface area contributed by atoms with Gasteiger partial charge in [0.15, 0.2) is 0 Å². The molecule has 0 saturated carbocycles. The normalized spacial score (nSPS) is 13.4. The topological polar surface area (TPSA) is 47.3 Å². The molecule has 0 saturated heterocycles. The van der Waals surface area contributed by atoms with Crippen molar-refractivity contribution >= 4 is 18.2 Å². The van der Waals surface area contributed by atoms with Gasteiger partial charge in [0.1, 0.15) is 5.75 Å². The van der Waals surface area contributed by atoms with Gasteiger partial charge in [-0.2, -0.15) is 13.2 Å². The number of halogens is 3. The van der Waals surface area contributed by atoms with Gasteiger partial charge in [-0.3, -0.25) is 0 Å². The van der Waals surface area contributed by atoms with E-state index in [1.807, 2.05) is 40.7 Å². The van der Waals surface area contributed by atoms with Gasteiger partial charge in [0, 0.05) is 17.3 Å². The largest absolute Gasteiger partial charge is 0.496 e. The molecule has 28 heavy (non-hydrogen) atoms. The van der Waals surface area contributed by atoms with Gasteiger partial charge >= 0.3 is 6.18 Å². The van der Waals surface area contributed by atoms with Crippen LogP contribution in [0.2, 0.25) is 0 Å². The van der Waals surface area contributed by atoms with E-state index in [4.69, 9.17) is 10.5 Å². The van der Waals surface area contributed by atoms with E-state index in [1.54, 1.807) is 0 Å². The van der Waals surface area contributed by atoms with E-state index in [-0.39, 0.29) is 5.75 Å². The van der Waals surface area contributed by atoms with Crippen molar-refractivity contribution < 1.29 is 17.9 Å². The molecule has 158 valence electrons. The summed E-state index contributed by atoms with van der Waals surface area (Å²) in [6.07, 6.45) is 0.278. The van der Waals surface area contributed by atoms with Gasteiger partial charge in [-0.25, -0.2) is 0 Å². The van der Waals surface area contributed by atoms with Gasteiger partial charge in [0.2, 0.25) is 0 Å². The Morgan fingerprint density at radius 1 is 1.25 bits per heavy atom. The van der Waals surface area contributed by atoms with E-state index in [1.165, 1.54) is 19.4 Å². The molecule has 1 aromatic rings. The van der Waals surface area contributed by atoms with Gasteiger partial charge in [-0.15, -0.1) is 12.6 Å². The first-order valence-electron chi connectivity index (χ1n) is 9.23. The smallest absolute Gasteiger partial charge is 0.416 e. The second-order valence-corrected chi connectivity index (χ2v) is 6.11. The zero-order chi connectivity index (χ0) is 21.9. The quantitative estimate of drug-likeness (QED) is 0.351. The second kappa shape index (κ2) is 12.4. The number of nitrogens with two attached hydrogens (primary N) is 1. The predicted molar refractivity (Wildman–Crippen MR) is 115 cm³/mol. The summed E-state index contributed by atoms with van der Waals surface area (Å²) >= 11 is 4.36. The van der Waals surface area contributed by atoms with Crippen LogP contribution in [0, 0.1) is 0 Å². The molecular weight excluding hydrogens is 385 g/mol. The van der Waals surface area contributed by atoms with Gasteiger partial charge in [-0.05, 0) is 38.0 Å². The Balaban J connectivity index is 0.00000352. The first-order valence-corrected chi connectivity index (χ1v) is 9.67. The number of nitrogens with one attached hydrogen (secondary N) is 1. The van der Waals surface area contributed by atoms with E-state index in [0.29, 0.717) is 28.3 Å². The van der Waals surface area contributed by atoms with Crippen molar-refractivity contribution in [3.05, 3.63) is 57.9 Å². The van der Waals surface area contributed by atoms with Crippen LogP contribution in [0.1, 0.15) is 58.6 Å². The lowest BCUT2D eigenvalue weighted by atomic mass is 9.94. The highest BCUT2D eigenvalue weighted by Gasteiger charge is 2.31. The van der Waals surface area contributed by atoms with E-state index in [0.717, 1.165) is 24.1 Å². The Labute approximate surface area is 171 Å². The van der Waals surface area contributed by atoms with Crippen LogP contribution in [0.3, 0.4) is 0 Å². The van der Waals surface area contributed by atoms with Crippen LogP contribution in [-0.2, 0) is 6.18 Å². The number of methoxy groups -OCH3 is 1. The number of alkyl halides is 3. The molecule has 0 radical (unpaired) electrons. The number of hydrogen-bond donors (Lipinski definition) is 3. The number of allylic oxidation sites excluding steroid dienone is 3. The van der Waals surface area contributed by atoms with E-state index in [2.05, 4.69) is 17.9 Å². The third-order valence-electron chi connectivity index (χ3n) is 3.85. The molecule has 0 aliphatic rings. The number of benzene rings is 1. The Hall–Kier alpha value is -2.02. The number of ether oxygens (including phenoxy) is 1. The lowest BCUT2D eigenvalue weighted by Crippen LogP contribution is -2.15. The maximum absolute atomic E-state index is 13.0. The minimum atomic E-state index is -4.44. The molecule has 7 heteroatoms. The average Bonchev–Trinajstić information content (AvgIpc) is 2.68. The highest BCUT2D eigenvalue weighted by Crippen LogP contribution is 2.38. The summed E-state index contributed by atoms with van der Waals surface area (Å²) in [6.45, 7) is 9.83. The summed E-state index contributed by atoms with van der Waals surface area (Å²) in [5.74, 6) is 0.129. The molecule has 0 aromatic heterocycles. The lowest BCUT2D eigenvalue weighted by molar-refractivity contribution is -0.137. The van der Waals surface area contributed by atoms with Crippen molar-refractivity contribution in [2.24, 2.45) is 5.73 Å². The van der Waals surface area contributed by atoms with Crippen molar-refractivity contribution in [3.8, 4) is 5.75 Å². The molecule has 0 fully saturated rings. The highest BCUT2D eigenvalue weighted by molar-refractivity contribution is 7.84. The van der Waals surface area contributed by atoms with Crippen LogP contribution < -0.4 is 15.8 Å². The lowest BCUT2D eigenvalue weighted by Gasteiger charge is -2.20. The third-order valence-corrected chi connectivity index (χ3v) is 4.15. The molecule has 1 rings (SSSR count). The maximum Gasteiger partial charge on any atom is 0.416 e. The predicted octanol–water partition coefficient (Wildman–Crippen LogP) is 6.49. The molecule has 0 heterocycles. The molecule has 0 amide bonds. The molecule has 0 spiro atoms. The zero-order valence-electron chi connectivity index (χ0n) is 17.4. The van der Waals surface area contributed by atoms with Gasteiger partial charge in [0.05, 0.1) is 23.4 Å². The molecule has 0 bridgehead atoms. The Morgan fingerprint density at radius 3 is 2.29 bits per heavy atom. The van der Waals surface area contributed by atoms with E-state index in [9.17, 15) is 13.2 Å². The first-order chi connectivity index (χ1) is 13.2. The van der Waals surface area contributed by atoms with Crippen molar-refractivity contribution in [3.63, 3.8) is 0 Å². The second-order valence-electron chi connectivity index (χ2n) is 5.62. The average molecular weight is 417 g/mol. The van der Waals surface area contributed by atoms with Crippen LogP contribution in [0.15, 0.2) is 46.8 Å². The highest BCUT2D eigenvalue weighted by atomic mass is 32.1. The number of thiol groups is 1. The molecule has 0 aliphatic heterocycles. The monoisotopic (exact) mass is 416 g/mol. The maximum atomic E-state index is 13.0. The molecule has 0 unspecified atom stereocenters.